The van der Waals surface area contributed by atoms with E-state index in [-0.39, 0.29) is 5.78 Å². The Hall–Kier alpha value is -2.43. The van der Waals surface area contributed by atoms with Crippen LogP contribution in [0.1, 0.15) is 36.7 Å². The van der Waals surface area contributed by atoms with E-state index in [1.165, 1.54) is 25.3 Å². The number of benzene rings is 1. The van der Waals surface area contributed by atoms with Crippen molar-refractivity contribution in [2.45, 2.75) is 20.8 Å². The molecule has 0 amide bonds. The van der Waals surface area contributed by atoms with E-state index >= 15 is 0 Å². The summed E-state index contributed by atoms with van der Waals surface area (Å²) in [6.45, 7) is 10.2. The lowest BCUT2D eigenvalue weighted by Gasteiger charge is -2.14. The number of nitrogens with one attached hydrogen (secondary N) is 1. The molecule has 0 saturated carbocycles. The van der Waals surface area contributed by atoms with Gasteiger partial charge in [0.25, 0.3) is 0 Å². The first-order valence-corrected chi connectivity index (χ1v) is 7.06. The highest BCUT2D eigenvalue weighted by atomic mass is 19.1. The van der Waals surface area contributed by atoms with Gasteiger partial charge in [-0.3, -0.25) is 9.79 Å². The fourth-order valence-electron chi connectivity index (χ4n) is 2.01. The summed E-state index contributed by atoms with van der Waals surface area (Å²) < 4.78 is 13.3. The Morgan fingerprint density at radius 3 is 2.64 bits per heavy atom. The molecule has 0 radical (unpaired) electrons. The number of aliphatic imine (C=N–C) groups is 1. The van der Waals surface area contributed by atoms with Crippen LogP contribution in [0, 0.1) is 5.82 Å². The van der Waals surface area contributed by atoms with Crippen molar-refractivity contribution in [2.75, 3.05) is 13.1 Å². The van der Waals surface area contributed by atoms with Gasteiger partial charge in [-0.25, -0.2) is 4.39 Å². The maximum absolute atomic E-state index is 13.3. The minimum absolute atomic E-state index is 0.212. The first-order chi connectivity index (χ1) is 10.4. The molecule has 1 rings (SSSR count). The van der Waals surface area contributed by atoms with E-state index in [0.717, 1.165) is 11.3 Å². The highest BCUT2D eigenvalue weighted by Gasteiger charge is 2.12. The highest BCUT2D eigenvalue weighted by molar-refractivity contribution is 6.00. The average molecular weight is 303 g/mol. The van der Waals surface area contributed by atoms with Crippen LogP contribution in [0.2, 0.25) is 0 Å². The number of halogens is 1. The molecular formula is C17H22FN3O. The van der Waals surface area contributed by atoms with Crippen LogP contribution < -0.4 is 11.1 Å². The second-order valence-corrected chi connectivity index (χ2v) is 4.83. The molecular weight excluding hydrogens is 281 g/mol. The Morgan fingerprint density at radius 2 is 2.09 bits per heavy atom. The number of nitrogens with two attached hydrogens (primary N) is 1. The molecule has 0 atom stereocenters. The Labute approximate surface area is 130 Å². The van der Waals surface area contributed by atoms with E-state index in [9.17, 15) is 9.18 Å². The van der Waals surface area contributed by atoms with Crippen molar-refractivity contribution in [1.82, 2.24) is 5.32 Å². The van der Waals surface area contributed by atoms with Gasteiger partial charge in [-0.15, -0.1) is 0 Å². The molecule has 0 aliphatic heterocycles. The Morgan fingerprint density at radius 1 is 1.41 bits per heavy atom. The Kier molecular flexibility index (Phi) is 6.50. The van der Waals surface area contributed by atoms with Gasteiger partial charge in [0.05, 0.1) is 0 Å². The van der Waals surface area contributed by atoms with Crippen molar-refractivity contribution in [3.63, 3.8) is 0 Å². The van der Waals surface area contributed by atoms with Gasteiger partial charge in [0.1, 0.15) is 5.82 Å². The lowest BCUT2D eigenvalue weighted by Crippen LogP contribution is -2.20. The predicted molar refractivity (Wildman–Crippen MR) is 89.4 cm³/mol. The normalized spacial score (nSPS) is 12.2. The highest BCUT2D eigenvalue weighted by Crippen LogP contribution is 2.18. The number of hydrogen-bond acceptors (Lipinski definition) is 4. The monoisotopic (exact) mass is 303 g/mol. The maximum Gasteiger partial charge on any atom is 0.160 e. The first-order valence-electron chi connectivity index (χ1n) is 7.06. The fraction of sp³-hybridized carbons (Fsp3) is 0.294. The molecule has 4 nitrogen and oxygen atoms in total. The van der Waals surface area contributed by atoms with E-state index in [4.69, 9.17) is 5.73 Å². The van der Waals surface area contributed by atoms with Crippen molar-refractivity contribution in [1.29, 1.82) is 0 Å². The SMILES string of the molecule is C=C(NCC(=CN)C(C)=NCC)c1ccc(F)cc1C(C)=O. The summed E-state index contributed by atoms with van der Waals surface area (Å²) in [7, 11) is 0. The third-order valence-electron chi connectivity index (χ3n) is 3.24. The molecule has 0 aliphatic carbocycles. The molecule has 0 saturated heterocycles. The summed E-state index contributed by atoms with van der Waals surface area (Å²) in [5.74, 6) is -0.661. The quantitative estimate of drug-likeness (QED) is 0.601. The molecule has 0 heterocycles. The van der Waals surface area contributed by atoms with Gasteiger partial charge < -0.3 is 11.1 Å². The van der Waals surface area contributed by atoms with Crippen molar-refractivity contribution in [3.05, 3.63) is 53.5 Å². The topological polar surface area (TPSA) is 67.5 Å². The number of hydrogen-bond donors (Lipinski definition) is 2. The van der Waals surface area contributed by atoms with Gasteiger partial charge in [-0.1, -0.05) is 6.58 Å². The third-order valence-corrected chi connectivity index (χ3v) is 3.24. The second kappa shape index (κ2) is 8.12. The molecule has 0 spiro atoms. The van der Waals surface area contributed by atoms with E-state index in [0.29, 0.717) is 29.9 Å². The van der Waals surface area contributed by atoms with Gasteiger partial charge in [-0.2, -0.15) is 0 Å². The van der Waals surface area contributed by atoms with Gasteiger partial charge in [0, 0.05) is 47.4 Å². The minimum Gasteiger partial charge on any atom is -0.404 e. The fourth-order valence-corrected chi connectivity index (χ4v) is 2.01. The number of carbonyl (C=O) groups excluding carboxylic acids is 1. The first kappa shape index (κ1) is 17.6. The molecule has 3 N–H and O–H groups in total. The van der Waals surface area contributed by atoms with Crippen LogP contribution in [0.15, 0.2) is 41.5 Å². The van der Waals surface area contributed by atoms with Crippen molar-refractivity contribution >= 4 is 17.2 Å². The number of ketones is 1. The van der Waals surface area contributed by atoms with E-state index in [2.05, 4.69) is 16.9 Å². The van der Waals surface area contributed by atoms with E-state index in [1.807, 2.05) is 13.8 Å². The zero-order chi connectivity index (χ0) is 16.7. The average Bonchev–Trinajstić information content (AvgIpc) is 2.47. The lowest BCUT2D eigenvalue weighted by molar-refractivity contribution is 0.101. The molecule has 1 aromatic carbocycles. The molecule has 0 unspecified atom stereocenters. The van der Waals surface area contributed by atoms with Crippen LogP contribution in [0.5, 0.6) is 0 Å². The van der Waals surface area contributed by atoms with Crippen molar-refractivity contribution in [2.24, 2.45) is 10.7 Å². The summed E-state index contributed by atoms with van der Waals surface area (Å²) >= 11 is 0. The third kappa shape index (κ3) is 4.55. The summed E-state index contributed by atoms with van der Waals surface area (Å²) in [6, 6.07) is 4.06. The second-order valence-electron chi connectivity index (χ2n) is 4.83. The van der Waals surface area contributed by atoms with Crippen molar-refractivity contribution < 1.29 is 9.18 Å². The van der Waals surface area contributed by atoms with Crippen LogP contribution in [-0.2, 0) is 0 Å². The Balaban J connectivity index is 2.91. The number of nitrogens with zero attached hydrogens (tertiary/aromatic N) is 1. The minimum atomic E-state index is -0.449. The zero-order valence-corrected chi connectivity index (χ0v) is 13.2. The van der Waals surface area contributed by atoms with Crippen molar-refractivity contribution in [3.8, 4) is 0 Å². The molecule has 0 aliphatic rings. The summed E-state index contributed by atoms with van der Waals surface area (Å²) in [5.41, 5.74) is 8.71. The van der Waals surface area contributed by atoms with Crippen LogP contribution in [0.25, 0.3) is 5.70 Å². The van der Waals surface area contributed by atoms with Crippen LogP contribution in [0.3, 0.4) is 0 Å². The number of carbonyl (C=O) groups is 1. The lowest BCUT2D eigenvalue weighted by atomic mass is 10.0. The molecule has 1 aromatic rings. The van der Waals surface area contributed by atoms with Crippen LogP contribution in [0.4, 0.5) is 4.39 Å². The summed E-state index contributed by atoms with van der Waals surface area (Å²) in [6.07, 6.45) is 1.49. The van der Waals surface area contributed by atoms with Crippen LogP contribution >= 0.6 is 0 Å². The molecule has 0 aromatic heterocycles. The van der Waals surface area contributed by atoms with E-state index in [1.54, 1.807) is 6.07 Å². The predicted octanol–water partition coefficient (Wildman–Crippen LogP) is 2.91. The zero-order valence-electron chi connectivity index (χ0n) is 13.2. The van der Waals surface area contributed by atoms with Gasteiger partial charge in [0.2, 0.25) is 0 Å². The Bertz CT molecular complexity index is 633. The number of rotatable bonds is 7. The summed E-state index contributed by atoms with van der Waals surface area (Å²) in [4.78, 5) is 15.9. The van der Waals surface area contributed by atoms with Gasteiger partial charge >= 0.3 is 0 Å². The molecule has 0 fully saturated rings. The standard InChI is InChI=1S/C17H22FN3O/c1-5-20-11(2)14(9-19)10-21-12(3)16-7-6-15(18)8-17(16)13(4)22/h6-9,21H,3,5,10,19H2,1-2,4H3. The molecule has 118 valence electrons. The number of Topliss-reactive ketones (excluding diaryl/α,β-unsaturated/α-hetero) is 1. The smallest absolute Gasteiger partial charge is 0.160 e. The molecule has 5 heteroatoms. The molecule has 22 heavy (non-hydrogen) atoms. The van der Waals surface area contributed by atoms with Crippen LogP contribution in [-0.4, -0.2) is 24.6 Å². The van der Waals surface area contributed by atoms with E-state index < -0.39 is 5.82 Å². The summed E-state index contributed by atoms with van der Waals surface area (Å²) in [5, 5.41) is 3.11. The maximum atomic E-state index is 13.3. The molecule has 0 bridgehead atoms. The largest absolute Gasteiger partial charge is 0.404 e. The van der Waals surface area contributed by atoms with Gasteiger partial charge in [-0.05, 0) is 39.0 Å². The van der Waals surface area contributed by atoms with Gasteiger partial charge in [0.15, 0.2) is 5.78 Å².